The second-order valence-electron chi connectivity index (χ2n) is 6.18. The molecule has 0 unspecified atom stereocenters. The van der Waals surface area contributed by atoms with Gasteiger partial charge < -0.3 is 4.90 Å². The van der Waals surface area contributed by atoms with Gasteiger partial charge in [0.15, 0.2) is 0 Å². The zero-order valence-electron chi connectivity index (χ0n) is 16.3. The van der Waals surface area contributed by atoms with Gasteiger partial charge in [-0.3, -0.25) is 9.48 Å². The minimum atomic E-state index is -3.83. The first-order valence-corrected chi connectivity index (χ1v) is 11.1. The summed E-state index contributed by atoms with van der Waals surface area (Å²) >= 11 is 12.4. The third-order valence-corrected chi connectivity index (χ3v) is 7.17. The molecule has 154 valence electrons. The molecule has 0 atom stereocenters. The monoisotopic (exact) mass is 446 g/mol. The first kappa shape index (κ1) is 22.7. The van der Waals surface area contributed by atoms with Gasteiger partial charge in [0.2, 0.25) is 10.0 Å². The number of nitrogens with zero attached hydrogens (tertiary/aromatic N) is 4. The third kappa shape index (κ3) is 4.68. The van der Waals surface area contributed by atoms with Gasteiger partial charge in [0, 0.05) is 32.9 Å². The highest BCUT2D eigenvalue weighted by atomic mass is 35.5. The Morgan fingerprint density at radius 1 is 1.14 bits per heavy atom. The van der Waals surface area contributed by atoms with E-state index in [1.54, 1.807) is 25.6 Å². The summed E-state index contributed by atoms with van der Waals surface area (Å²) < 4.78 is 28.8. The lowest BCUT2D eigenvalue weighted by molar-refractivity contribution is 0.0783. The molecule has 1 heterocycles. The fraction of sp³-hybridized carbons (Fsp3) is 0.444. The van der Waals surface area contributed by atoms with Crippen LogP contribution in [0.2, 0.25) is 10.0 Å². The molecule has 2 rings (SSSR count). The van der Waals surface area contributed by atoms with Gasteiger partial charge in [-0.15, -0.1) is 0 Å². The van der Waals surface area contributed by atoms with Crippen molar-refractivity contribution in [1.29, 1.82) is 0 Å². The molecule has 0 saturated heterocycles. The van der Waals surface area contributed by atoms with E-state index in [0.717, 1.165) is 12.2 Å². The number of carbonyl (C=O) groups is 1. The molecule has 2 aromatic rings. The maximum atomic E-state index is 12.9. The standard InChI is InChI=1S/C18H24Cl2N4O3S/c1-5-23-9-8-13(21-23)12-22(4)18(25)14-10-17(16(20)11-15(14)19)28(26,27)24(6-2)7-3/h8-11H,5-7,12H2,1-4H3. The third-order valence-electron chi connectivity index (χ3n) is 4.34. The van der Waals surface area contributed by atoms with Crippen LogP contribution in [0.4, 0.5) is 0 Å². The Hall–Kier alpha value is -1.61. The molecule has 0 aliphatic carbocycles. The lowest BCUT2D eigenvalue weighted by Gasteiger charge is -2.21. The van der Waals surface area contributed by atoms with E-state index in [-0.39, 0.29) is 27.0 Å². The molecule has 0 spiro atoms. The number of amides is 1. The van der Waals surface area contributed by atoms with E-state index in [1.807, 2.05) is 19.2 Å². The Morgan fingerprint density at radius 2 is 1.79 bits per heavy atom. The minimum absolute atomic E-state index is 0.0159. The molecule has 0 fully saturated rings. The van der Waals surface area contributed by atoms with Crippen LogP contribution in [0.3, 0.4) is 0 Å². The second-order valence-corrected chi connectivity index (χ2v) is 8.90. The molecule has 0 N–H and O–H groups in total. The average molecular weight is 447 g/mol. The zero-order valence-corrected chi connectivity index (χ0v) is 18.6. The number of benzene rings is 1. The first-order chi connectivity index (χ1) is 13.1. The van der Waals surface area contributed by atoms with Gasteiger partial charge >= 0.3 is 0 Å². The average Bonchev–Trinajstić information content (AvgIpc) is 3.09. The van der Waals surface area contributed by atoms with Crippen molar-refractivity contribution in [3.63, 3.8) is 0 Å². The van der Waals surface area contributed by atoms with E-state index in [9.17, 15) is 13.2 Å². The van der Waals surface area contributed by atoms with Crippen molar-refractivity contribution < 1.29 is 13.2 Å². The summed E-state index contributed by atoms with van der Waals surface area (Å²) in [6, 6.07) is 4.38. The van der Waals surface area contributed by atoms with Crippen LogP contribution in [0.5, 0.6) is 0 Å². The number of carbonyl (C=O) groups excluding carboxylic acids is 1. The maximum Gasteiger partial charge on any atom is 0.255 e. The fourth-order valence-corrected chi connectivity index (χ4v) is 5.06. The number of aryl methyl sites for hydroxylation is 1. The van der Waals surface area contributed by atoms with Gasteiger partial charge in [-0.1, -0.05) is 37.0 Å². The van der Waals surface area contributed by atoms with Crippen molar-refractivity contribution in [2.24, 2.45) is 0 Å². The van der Waals surface area contributed by atoms with Crippen LogP contribution in [-0.2, 0) is 23.1 Å². The summed E-state index contributed by atoms with van der Waals surface area (Å²) in [6.07, 6.45) is 1.83. The maximum absolute atomic E-state index is 12.9. The number of halogens is 2. The summed E-state index contributed by atoms with van der Waals surface area (Å²) in [5, 5.41) is 4.43. The lowest BCUT2D eigenvalue weighted by atomic mass is 10.2. The Morgan fingerprint density at radius 3 is 2.32 bits per heavy atom. The second kappa shape index (κ2) is 9.26. The van der Waals surface area contributed by atoms with Crippen LogP contribution in [0.25, 0.3) is 0 Å². The van der Waals surface area contributed by atoms with Crippen molar-refractivity contribution in [2.75, 3.05) is 20.1 Å². The Bertz CT molecular complexity index is 956. The van der Waals surface area contributed by atoms with Crippen LogP contribution in [0.15, 0.2) is 29.3 Å². The fourth-order valence-electron chi connectivity index (χ4n) is 2.78. The van der Waals surface area contributed by atoms with Crippen molar-refractivity contribution in [3.05, 3.63) is 45.7 Å². The molecule has 10 heteroatoms. The molecule has 0 aliphatic rings. The van der Waals surface area contributed by atoms with E-state index in [0.29, 0.717) is 13.1 Å². The summed E-state index contributed by atoms with van der Waals surface area (Å²) in [5.74, 6) is -0.413. The number of rotatable bonds is 8. The molecule has 0 saturated carbocycles. The van der Waals surface area contributed by atoms with E-state index in [2.05, 4.69) is 5.10 Å². The van der Waals surface area contributed by atoms with E-state index >= 15 is 0 Å². The highest BCUT2D eigenvalue weighted by Gasteiger charge is 2.28. The minimum Gasteiger partial charge on any atom is -0.336 e. The molecule has 1 aromatic heterocycles. The van der Waals surface area contributed by atoms with Crippen LogP contribution in [0.1, 0.15) is 36.8 Å². The summed E-state index contributed by atoms with van der Waals surface area (Å²) in [7, 11) is -2.23. The molecule has 0 aliphatic heterocycles. The van der Waals surface area contributed by atoms with Gasteiger partial charge in [0.05, 0.1) is 27.8 Å². The smallest absolute Gasteiger partial charge is 0.255 e. The first-order valence-electron chi connectivity index (χ1n) is 8.92. The molecular formula is C18H24Cl2N4O3S. The topological polar surface area (TPSA) is 75.5 Å². The number of sulfonamides is 1. The summed E-state index contributed by atoms with van der Waals surface area (Å²) in [5.41, 5.74) is 0.799. The van der Waals surface area contributed by atoms with Crippen LogP contribution < -0.4 is 0 Å². The highest BCUT2D eigenvalue weighted by Crippen LogP contribution is 2.31. The van der Waals surface area contributed by atoms with Gasteiger partial charge in [0.25, 0.3) is 5.91 Å². The Balaban J connectivity index is 2.38. The van der Waals surface area contributed by atoms with Crippen LogP contribution in [0, 0.1) is 0 Å². The molecule has 1 aromatic carbocycles. The lowest BCUT2D eigenvalue weighted by Crippen LogP contribution is -2.31. The summed E-state index contributed by atoms with van der Waals surface area (Å²) in [6.45, 7) is 7.02. The molecule has 7 nitrogen and oxygen atoms in total. The van der Waals surface area contributed by atoms with Crippen molar-refractivity contribution >= 4 is 39.1 Å². The van der Waals surface area contributed by atoms with E-state index in [1.165, 1.54) is 21.3 Å². The Labute approximate surface area is 175 Å². The predicted octanol–water partition coefficient (Wildman–Crippen LogP) is 3.51. The van der Waals surface area contributed by atoms with Crippen LogP contribution in [-0.4, -0.2) is 53.4 Å². The molecule has 1 amide bonds. The number of aromatic nitrogens is 2. The normalized spacial score (nSPS) is 11.8. The molecule has 28 heavy (non-hydrogen) atoms. The van der Waals surface area contributed by atoms with Gasteiger partial charge in [-0.2, -0.15) is 9.40 Å². The van der Waals surface area contributed by atoms with E-state index in [4.69, 9.17) is 23.2 Å². The highest BCUT2D eigenvalue weighted by molar-refractivity contribution is 7.89. The molecule has 0 radical (unpaired) electrons. The summed E-state index contributed by atoms with van der Waals surface area (Å²) in [4.78, 5) is 14.2. The van der Waals surface area contributed by atoms with E-state index < -0.39 is 15.9 Å². The SMILES string of the molecule is CCN(CC)S(=O)(=O)c1cc(C(=O)N(C)Cc2ccn(CC)n2)c(Cl)cc1Cl. The predicted molar refractivity (Wildman–Crippen MR) is 110 cm³/mol. The van der Waals surface area contributed by atoms with Crippen molar-refractivity contribution in [3.8, 4) is 0 Å². The molecule has 0 bridgehead atoms. The molecular weight excluding hydrogens is 423 g/mol. The Kier molecular flexibility index (Phi) is 7.50. The number of hydrogen-bond acceptors (Lipinski definition) is 4. The van der Waals surface area contributed by atoms with Gasteiger partial charge in [-0.25, -0.2) is 8.42 Å². The van der Waals surface area contributed by atoms with Crippen molar-refractivity contribution in [2.45, 2.75) is 38.8 Å². The zero-order chi connectivity index (χ0) is 21.1. The van der Waals surface area contributed by atoms with Crippen molar-refractivity contribution in [1.82, 2.24) is 19.0 Å². The largest absolute Gasteiger partial charge is 0.336 e. The number of hydrogen-bond donors (Lipinski definition) is 0. The van der Waals surface area contributed by atoms with Gasteiger partial charge in [-0.05, 0) is 25.1 Å². The quantitative estimate of drug-likeness (QED) is 0.621. The van der Waals surface area contributed by atoms with Gasteiger partial charge in [0.1, 0.15) is 4.90 Å². The van der Waals surface area contributed by atoms with Crippen LogP contribution >= 0.6 is 23.2 Å².